The number of aliphatic carboxylic acids is 1. The number of aromatic nitrogens is 2. The van der Waals surface area contributed by atoms with Crippen LogP contribution in [0.1, 0.15) is 6.92 Å². The summed E-state index contributed by atoms with van der Waals surface area (Å²) in [5.74, 6) is 0.0324. The second-order valence-corrected chi connectivity index (χ2v) is 5.91. The van der Waals surface area contributed by atoms with E-state index in [2.05, 4.69) is 25.9 Å². The summed E-state index contributed by atoms with van der Waals surface area (Å²) in [6.07, 6.45) is 0.514. The SMILES string of the molecule is CC(Oc1ccc(Oc2cnc3ccc(Br)cc3n2)cc1)C(=O)[O-].[Na+]. The molecule has 0 bridgehead atoms. The van der Waals surface area contributed by atoms with Gasteiger partial charge in [0.15, 0.2) is 0 Å². The average molecular weight is 411 g/mol. The molecule has 0 aliphatic rings. The van der Waals surface area contributed by atoms with Crippen LogP contribution in [0.2, 0.25) is 0 Å². The normalized spacial score (nSPS) is 11.4. The monoisotopic (exact) mass is 410 g/mol. The van der Waals surface area contributed by atoms with E-state index in [-0.39, 0.29) is 29.6 Å². The molecule has 2 aromatic carbocycles. The Balaban J connectivity index is 0.00000225. The van der Waals surface area contributed by atoms with E-state index in [1.165, 1.54) is 6.92 Å². The van der Waals surface area contributed by atoms with E-state index in [0.29, 0.717) is 22.9 Å². The summed E-state index contributed by atoms with van der Waals surface area (Å²) in [5.41, 5.74) is 1.48. The summed E-state index contributed by atoms with van der Waals surface area (Å²) in [6, 6.07) is 12.1. The van der Waals surface area contributed by atoms with Crippen LogP contribution in [0.4, 0.5) is 0 Å². The smallest absolute Gasteiger partial charge is 0.546 e. The van der Waals surface area contributed by atoms with Crippen LogP contribution in [0, 0.1) is 0 Å². The number of hydrogen-bond acceptors (Lipinski definition) is 6. The second-order valence-electron chi connectivity index (χ2n) is 4.99. The number of fused-ring (bicyclic) bond motifs is 1. The van der Waals surface area contributed by atoms with Gasteiger partial charge in [0.2, 0.25) is 5.88 Å². The Morgan fingerprint density at radius 2 is 1.80 bits per heavy atom. The molecule has 122 valence electrons. The number of rotatable bonds is 5. The molecule has 0 spiro atoms. The molecular formula is C17H12BrN2NaO4. The van der Waals surface area contributed by atoms with Gasteiger partial charge in [-0.3, -0.25) is 0 Å². The van der Waals surface area contributed by atoms with Gasteiger partial charge in [-0.25, -0.2) is 9.97 Å². The molecule has 8 heteroatoms. The number of nitrogens with zero attached hydrogens (tertiary/aromatic N) is 2. The summed E-state index contributed by atoms with van der Waals surface area (Å²) >= 11 is 3.39. The van der Waals surface area contributed by atoms with E-state index in [0.717, 1.165) is 9.99 Å². The molecule has 0 amide bonds. The minimum Gasteiger partial charge on any atom is -0.546 e. The molecule has 0 saturated heterocycles. The number of carbonyl (C=O) groups excluding carboxylic acids is 1. The molecule has 0 N–H and O–H groups in total. The Hall–Kier alpha value is -1.67. The first kappa shape index (κ1) is 19.7. The molecule has 0 saturated carbocycles. The van der Waals surface area contributed by atoms with Crippen molar-refractivity contribution in [3.05, 3.63) is 53.1 Å². The van der Waals surface area contributed by atoms with Crippen molar-refractivity contribution < 1.29 is 48.9 Å². The number of carbonyl (C=O) groups is 1. The van der Waals surface area contributed by atoms with Crippen molar-refractivity contribution in [3.63, 3.8) is 0 Å². The molecular weight excluding hydrogens is 399 g/mol. The van der Waals surface area contributed by atoms with Crippen LogP contribution >= 0.6 is 15.9 Å². The third-order valence-electron chi connectivity index (χ3n) is 3.17. The maximum Gasteiger partial charge on any atom is 1.00 e. The predicted octanol–water partition coefficient (Wildman–Crippen LogP) is -0.294. The Kier molecular flexibility index (Phi) is 6.78. The van der Waals surface area contributed by atoms with Gasteiger partial charge in [0.1, 0.15) is 17.6 Å². The first-order valence-electron chi connectivity index (χ1n) is 7.09. The Morgan fingerprint density at radius 3 is 2.48 bits per heavy atom. The second kappa shape index (κ2) is 8.62. The van der Waals surface area contributed by atoms with E-state index < -0.39 is 12.1 Å². The van der Waals surface area contributed by atoms with Crippen molar-refractivity contribution in [1.82, 2.24) is 9.97 Å². The molecule has 25 heavy (non-hydrogen) atoms. The van der Waals surface area contributed by atoms with E-state index in [9.17, 15) is 9.90 Å². The van der Waals surface area contributed by atoms with Gasteiger partial charge in [0.05, 0.1) is 23.2 Å². The summed E-state index contributed by atoms with van der Waals surface area (Å²) in [5, 5.41) is 10.7. The number of carboxylic acid groups (broad SMARTS) is 1. The van der Waals surface area contributed by atoms with Gasteiger partial charge < -0.3 is 19.4 Å². The van der Waals surface area contributed by atoms with Crippen LogP contribution in [0.15, 0.2) is 53.1 Å². The maximum absolute atomic E-state index is 10.7. The Morgan fingerprint density at radius 1 is 1.12 bits per heavy atom. The number of carboxylic acids is 1. The van der Waals surface area contributed by atoms with Gasteiger partial charge >= 0.3 is 29.6 Å². The average Bonchev–Trinajstić information content (AvgIpc) is 2.56. The zero-order chi connectivity index (χ0) is 17.1. The van der Waals surface area contributed by atoms with Gasteiger partial charge in [0, 0.05) is 4.47 Å². The molecule has 6 nitrogen and oxygen atoms in total. The first-order valence-corrected chi connectivity index (χ1v) is 7.88. The molecule has 0 aliphatic carbocycles. The molecule has 1 atom stereocenters. The van der Waals surface area contributed by atoms with Gasteiger partial charge in [-0.15, -0.1) is 0 Å². The fraction of sp³-hybridized carbons (Fsp3) is 0.118. The van der Waals surface area contributed by atoms with Crippen LogP contribution < -0.4 is 44.1 Å². The summed E-state index contributed by atoms with van der Waals surface area (Å²) < 4.78 is 11.8. The molecule has 1 unspecified atom stereocenters. The van der Waals surface area contributed by atoms with Crippen LogP contribution in [-0.4, -0.2) is 22.0 Å². The standard InChI is InChI=1S/C17H13BrN2O4.Na/c1-10(17(21)22)23-12-3-5-13(6-4-12)24-16-9-19-14-7-2-11(18)8-15(14)20-16;/h2-10H,1H3,(H,21,22);/q;+1/p-1. The number of benzene rings is 2. The third kappa shape index (κ3) is 5.15. The van der Waals surface area contributed by atoms with Gasteiger partial charge in [-0.05, 0) is 49.4 Å². The fourth-order valence-electron chi connectivity index (χ4n) is 1.98. The molecule has 0 radical (unpaired) electrons. The third-order valence-corrected chi connectivity index (χ3v) is 3.67. The quantitative estimate of drug-likeness (QED) is 0.537. The Bertz CT molecular complexity index is 889. The van der Waals surface area contributed by atoms with Crippen molar-refractivity contribution in [1.29, 1.82) is 0 Å². The summed E-state index contributed by atoms with van der Waals surface area (Å²) in [7, 11) is 0. The zero-order valence-corrected chi connectivity index (χ0v) is 17.2. The van der Waals surface area contributed by atoms with Gasteiger partial charge in [-0.1, -0.05) is 15.9 Å². The molecule has 0 aliphatic heterocycles. The maximum atomic E-state index is 10.7. The topological polar surface area (TPSA) is 84.4 Å². The van der Waals surface area contributed by atoms with E-state index in [4.69, 9.17) is 9.47 Å². The predicted molar refractivity (Wildman–Crippen MR) is 88.9 cm³/mol. The van der Waals surface area contributed by atoms with Gasteiger partial charge in [0.25, 0.3) is 0 Å². The molecule has 1 aromatic heterocycles. The van der Waals surface area contributed by atoms with E-state index >= 15 is 0 Å². The molecule has 3 rings (SSSR count). The first-order chi connectivity index (χ1) is 11.5. The van der Waals surface area contributed by atoms with Crippen LogP contribution in [0.5, 0.6) is 17.4 Å². The zero-order valence-electron chi connectivity index (χ0n) is 13.6. The van der Waals surface area contributed by atoms with Crippen LogP contribution in [0.25, 0.3) is 11.0 Å². The summed E-state index contributed by atoms with van der Waals surface area (Å²) in [6.45, 7) is 1.41. The largest absolute Gasteiger partial charge is 1.00 e. The van der Waals surface area contributed by atoms with Crippen molar-refractivity contribution in [2.75, 3.05) is 0 Å². The van der Waals surface area contributed by atoms with Gasteiger partial charge in [-0.2, -0.15) is 0 Å². The molecule has 1 heterocycles. The molecule has 0 fully saturated rings. The minimum atomic E-state index is -1.27. The molecule has 3 aromatic rings. The van der Waals surface area contributed by atoms with Crippen molar-refractivity contribution in [3.8, 4) is 17.4 Å². The van der Waals surface area contributed by atoms with Crippen molar-refractivity contribution in [2.45, 2.75) is 13.0 Å². The summed E-state index contributed by atoms with van der Waals surface area (Å²) in [4.78, 5) is 19.3. The number of halogens is 1. The van der Waals surface area contributed by atoms with Crippen LogP contribution in [-0.2, 0) is 4.79 Å². The van der Waals surface area contributed by atoms with Crippen molar-refractivity contribution in [2.24, 2.45) is 0 Å². The fourth-order valence-corrected chi connectivity index (χ4v) is 2.33. The minimum absolute atomic E-state index is 0. The number of hydrogen-bond donors (Lipinski definition) is 0. The number of ether oxygens (including phenoxy) is 2. The Labute approximate surface area is 174 Å². The van der Waals surface area contributed by atoms with Crippen LogP contribution in [0.3, 0.4) is 0 Å². The van der Waals surface area contributed by atoms with Crippen molar-refractivity contribution >= 4 is 32.9 Å². The van der Waals surface area contributed by atoms with E-state index in [1.54, 1.807) is 30.5 Å². The van der Waals surface area contributed by atoms with E-state index in [1.807, 2.05) is 18.2 Å².